The van der Waals surface area contributed by atoms with Gasteiger partial charge in [0.1, 0.15) is 11.0 Å². The quantitative estimate of drug-likeness (QED) is 0.790. The summed E-state index contributed by atoms with van der Waals surface area (Å²) in [5.74, 6) is 1.37. The van der Waals surface area contributed by atoms with Crippen molar-refractivity contribution in [2.75, 3.05) is 23.9 Å². The van der Waals surface area contributed by atoms with Crippen LogP contribution in [0.2, 0.25) is 5.15 Å². The maximum absolute atomic E-state index is 12.0. The van der Waals surface area contributed by atoms with Gasteiger partial charge in [0.15, 0.2) is 0 Å². The first-order chi connectivity index (χ1) is 8.56. The molecule has 1 unspecified atom stereocenters. The highest BCUT2D eigenvalue weighted by molar-refractivity contribution is 7.98. The lowest BCUT2D eigenvalue weighted by atomic mass is 10.2. The minimum absolute atomic E-state index is 0.125. The van der Waals surface area contributed by atoms with Gasteiger partial charge in [0.2, 0.25) is 0 Å². The van der Waals surface area contributed by atoms with Crippen LogP contribution >= 0.6 is 23.4 Å². The molecule has 0 saturated carbocycles. The van der Waals surface area contributed by atoms with E-state index in [0.29, 0.717) is 16.5 Å². The predicted octanol–water partition coefficient (Wildman–Crippen LogP) is 2.65. The number of aromatic nitrogens is 1. The minimum atomic E-state index is -0.125. The Balaban J connectivity index is 2.78. The van der Waals surface area contributed by atoms with Gasteiger partial charge in [0.05, 0.1) is 0 Å². The summed E-state index contributed by atoms with van der Waals surface area (Å²) in [5, 5.41) is 6.28. The van der Waals surface area contributed by atoms with Crippen molar-refractivity contribution in [2.24, 2.45) is 0 Å². The summed E-state index contributed by atoms with van der Waals surface area (Å²) in [5.41, 5.74) is 0.527. The monoisotopic (exact) mass is 287 g/mol. The summed E-state index contributed by atoms with van der Waals surface area (Å²) in [7, 11) is 0. The number of halogens is 1. The smallest absolute Gasteiger partial charge is 0.251 e. The molecule has 1 atom stereocenters. The van der Waals surface area contributed by atoms with Gasteiger partial charge in [0.25, 0.3) is 5.91 Å². The number of hydrogen-bond acceptors (Lipinski definition) is 4. The number of carbonyl (C=O) groups is 1. The van der Waals surface area contributed by atoms with Crippen molar-refractivity contribution in [3.8, 4) is 0 Å². The fourth-order valence-corrected chi connectivity index (χ4v) is 2.29. The molecule has 4 nitrogen and oxygen atoms in total. The van der Waals surface area contributed by atoms with Crippen LogP contribution in [-0.2, 0) is 0 Å². The number of hydrogen-bond donors (Lipinski definition) is 2. The van der Waals surface area contributed by atoms with E-state index in [4.69, 9.17) is 11.6 Å². The number of nitrogens with one attached hydrogen (secondary N) is 2. The first-order valence-electron chi connectivity index (χ1n) is 5.78. The van der Waals surface area contributed by atoms with Crippen LogP contribution in [0.3, 0.4) is 0 Å². The maximum Gasteiger partial charge on any atom is 0.251 e. The molecule has 6 heteroatoms. The van der Waals surface area contributed by atoms with Gasteiger partial charge in [-0.25, -0.2) is 4.98 Å². The van der Waals surface area contributed by atoms with Crippen molar-refractivity contribution in [2.45, 2.75) is 19.9 Å². The molecule has 0 aliphatic rings. The van der Waals surface area contributed by atoms with Crippen LogP contribution in [0.1, 0.15) is 24.2 Å². The van der Waals surface area contributed by atoms with E-state index in [1.807, 2.05) is 20.1 Å². The van der Waals surface area contributed by atoms with Crippen LogP contribution in [0.25, 0.3) is 0 Å². The van der Waals surface area contributed by atoms with Gasteiger partial charge in [-0.3, -0.25) is 4.79 Å². The largest absolute Gasteiger partial charge is 0.370 e. The molecule has 0 spiro atoms. The van der Waals surface area contributed by atoms with Crippen molar-refractivity contribution < 1.29 is 4.79 Å². The van der Waals surface area contributed by atoms with E-state index in [2.05, 4.69) is 15.6 Å². The number of pyridine rings is 1. The maximum atomic E-state index is 12.0. The third-order valence-electron chi connectivity index (χ3n) is 2.21. The Morgan fingerprint density at radius 3 is 2.89 bits per heavy atom. The summed E-state index contributed by atoms with van der Waals surface area (Å²) in [6, 6.07) is 3.40. The second kappa shape index (κ2) is 7.48. The fraction of sp³-hybridized carbons (Fsp3) is 0.500. The van der Waals surface area contributed by atoms with E-state index >= 15 is 0 Å². The van der Waals surface area contributed by atoms with Gasteiger partial charge in [-0.1, -0.05) is 11.6 Å². The molecule has 1 heterocycles. The normalized spacial score (nSPS) is 12.0. The molecule has 0 bridgehead atoms. The Labute approximate surface area is 117 Å². The summed E-state index contributed by atoms with van der Waals surface area (Å²) >= 11 is 7.59. The molecule has 0 aromatic carbocycles. The first kappa shape index (κ1) is 15.1. The summed E-state index contributed by atoms with van der Waals surface area (Å²) in [6.07, 6.45) is 2.01. The molecule has 0 fully saturated rings. The van der Waals surface area contributed by atoms with Gasteiger partial charge in [-0.15, -0.1) is 0 Å². The molecular formula is C12H18ClN3OS. The molecule has 0 radical (unpaired) electrons. The Bertz CT molecular complexity index is 414. The molecular weight excluding hydrogens is 270 g/mol. The molecule has 1 amide bonds. The topological polar surface area (TPSA) is 54.0 Å². The lowest BCUT2D eigenvalue weighted by molar-refractivity contribution is 0.0943. The van der Waals surface area contributed by atoms with Gasteiger partial charge in [0, 0.05) is 23.9 Å². The van der Waals surface area contributed by atoms with Crippen molar-refractivity contribution in [1.82, 2.24) is 10.3 Å². The average Bonchev–Trinajstić information content (AvgIpc) is 2.28. The molecule has 0 saturated heterocycles. The van der Waals surface area contributed by atoms with E-state index in [1.54, 1.807) is 23.9 Å². The van der Waals surface area contributed by atoms with E-state index in [0.717, 1.165) is 12.3 Å². The number of rotatable bonds is 6. The third kappa shape index (κ3) is 4.74. The molecule has 1 aromatic heterocycles. The average molecular weight is 288 g/mol. The van der Waals surface area contributed by atoms with E-state index in [9.17, 15) is 4.79 Å². The van der Waals surface area contributed by atoms with E-state index in [1.165, 1.54) is 0 Å². The van der Waals surface area contributed by atoms with Crippen LogP contribution in [0.15, 0.2) is 12.1 Å². The summed E-state index contributed by atoms with van der Waals surface area (Å²) < 4.78 is 0. The van der Waals surface area contributed by atoms with Crippen molar-refractivity contribution >= 4 is 35.1 Å². The predicted molar refractivity (Wildman–Crippen MR) is 78.7 cm³/mol. The van der Waals surface area contributed by atoms with Gasteiger partial charge in [-0.2, -0.15) is 11.8 Å². The van der Waals surface area contributed by atoms with Crippen LogP contribution in [0.5, 0.6) is 0 Å². The molecule has 0 aliphatic heterocycles. The SMILES string of the molecule is CCNc1cc(C(=O)NC(C)CSC)cc(Cl)n1. The zero-order valence-corrected chi connectivity index (χ0v) is 12.4. The standard InChI is InChI=1S/C12H18ClN3OS/c1-4-14-11-6-9(5-10(13)16-11)12(17)15-8(2)7-18-3/h5-6,8H,4,7H2,1-3H3,(H,14,16)(H,15,17). The molecule has 1 aromatic rings. The number of carbonyl (C=O) groups excluding carboxylic acids is 1. The van der Waals surface area contributed by atoms with Crippen molar-refractivity contribution in [3.05, 3.63) is 22.8 Å². The zero-order valence-electron chi connectivity index (χ0n) is 10.8. The van der Waals surface area contributed by atoms with Crippen molar-refractivity contribution in [3.63, 3.8) is 0 Å². The van der Waals surface area contributed by atoms with E-state index in [-0.39, 0.29) is 11.9 Å². The van der Waals surface area contributed by atoms with Crippen LogP contribution in [0.4, 0.5) is 5.82 Å². The minimum Gasteiger partial charge on any atom is -0.370 e. The second-order valence-electron chi connectivity index (χ2n) is 3.92. The highest BCUT2D eigenvalue weighted by atomic mass is 35.5. The number of thioether (sulfide) groups is 1. The Kier molecular flexibility index (Phi) is 6.29. The Morgan fingerprint density at radius 1 is 1.56 bits per heavy atom. The molecule has 0 aliphatic carbocycles. The van der Waals surface area contributed by atoms with Crippen molar-refractivity contribution in [1.29, 1.82) is 0 Å². The van der Waals surface area contributed by atoms with Crippen LogP contribution < -0.4 is 10.6 Å². The first-order valence-corrected chi connectivity index (χ1v) is 7.55. The second-order valence-corrected chi connectivity index (χ2v) is 5.22. The van der Waals surface area contributed by atoms with Crippen LogP contribution in [0, 0.1) is 0 Å². The molecule has 1 rings (SSSR count). The number of anilines is 1. The Hall–Kier alpha value is -0.940. The van der Waals surface area contributed by atoms with E-state index < -0.39 is 0 Å². The molecule has 18 heavy (non-hydrogen) atoms. The van der Waals surface area contributed by atoms with Gasteiger partial charge in [-0.05, 0) is 32.2 Å². The number of amides is 1. The van der Waals surface area contributed by atoms with Gasteiger partial charge >= 0.3 is 0 Å². The third-order valence-corrected chi connectivity index (χ3v) is 3.24. The fourth-order valence-electron chi connectivity index (χ4n) is 1.50. The lowest BCUT2D eigenvalue weighted by Crippen LogP contribution is -2.34. The molecule has 2 N–H and O–H groups in total. The van der Waals surface area contributed by atoms with Crippen LogP contribution in [-0.4, -0.2) is 35.5 Å². The zero-order chi connectivity index (χ0) is 13.5. The Morgan fingerprint density at radius 2 is 2.28 bits per heavy atom. The summed E-state index contributed by atoms with van der Waals surface area (Å²) in [6.45, 7) is 4.67. The molecule has 100 valence electrons. The summed E-state index contributed by atoms with van der Waals surface area (Å²) in [4.78, 5) is 16.1. The number of nitrogens with zero attached hydrogens (tertiary/aromatic N) is 1. The lowest BCUT2D eigenvalue weighted by Gasteiger charge is -2.13. The van der Waals surface area contributed by atoms with Gasteiger partial charge < -0.3 is 10.6 Å². The highest BCUT2D eigenvalue weighted by Gasteiger charge is 2.11. The highest BCUT2D eigenvalue weighted by Crippen LogP contribution is 2.14.